The van der Waals surface area contributed by atoms with E-state index < -0.39 is 16.1 Å². The van der Waals surface area contributed by atoms with Crippen LogP contribution in [0.4, 0.5) is 0 Å². The molecule has 0 spiro atoms. The van der Waals surface area contributed by atoms with Crippen LogP contribution in [0.25, 0.3) is 0 Å². The molecule has 0 saturated carbocycles. The van der Waals surface area contributed by atoms with Gasteiger partial charge in [-0.05, 0) is 24.1 Å². The molecule has 0 aliphatic heterocycles. The number of sulfonamides is 1. The van der Waals surface area contributed by atoms with Crippen LogP contribution in [0.3, 0.4) is 0 Å². The van der Waals surface area contributed by atoms with Crippen LogP contribution >= 0.6 is 0 Å². The fraction of sp³-hybridized carbons (Fsp3) is 0.400. The SMILES string of the molecule is CCCS(=O)(=O)N[C@H](c1ccc(OC)cc1)c1nccn1C. The molecule has 1 aromatic heterocycles. The van der Waals surface area contributed by atoms with Crippen LogP contribution in [-0.4, -0.2) is 30.8 Å². The Balaban J connectivity index is 2.39. The molecule has 0 bridgehead atoms. The molecule has 0 unspecified atom stereocenters. The van der Waals surface area contributed by atoms with Gasteiger partial charge in [0.2, 0.25) is 10.0 Å². The molecule has 0 aliphatic carbocycles. The third-order valence-corrected chi connectivity index (χ3v) is 4.88. The number of methoxy groups -OCH3 is 1. The second-order valence-corrected chi connectivity index (χ2v) is 6.91. The van der Waals surface area contributed by atoms with Gasteiger partial charge in [-0.3, -0.25) is 0 Å². The Morgan fingerprint density at radius 3 is 2.50 bits per heavy atom. The first-order valence-electron chi connectivity index (χ1n) is 7.08. The van der Waals surface area contributed by atoms with Gasteiger partial charge in [0.15, 0.2) is 0 Å². The van der Waals surface area contributed by atoms with Crippen LogP contribution in [0.5, 0.6) is 5.75 Å². The lowest BCUT2D eigenvalue weighted by atomic mass is 10.1. The molecule has 1 aromatic carbocycles. The summed E-state index contributed by atoms with van der Waals surface area (Å²) >= 11 is 0. The highest BCUT2D eigenvalue weighted by molar-refractivity contribution is 7.89. The van der Waals surface area contributed by atoms with Crippen molar-refractivity contribution in [2.75, 3.05) is 12.9 Å². The zero-order valence-corrected chi connectivity index (χ0v) is 13.8. The maximum Gasteiger partial charge on any atom is 0.212 e. The van der Waals surface area contributed by atoms with E-state index in [1.54, 1.807) is 31.6 Å². The molecule has 2 rings (SSSR count). The highest BCUT2D eigenvalue weighted by Crippen LogP contribution is 2.23. The minimum Gasteiger partial charge on any atom is -0.497 e. The number of hydrogen-bond acceptors (Lipinski definition) is 4. The first-order valence-corrected chi connectivity index (χ1v) is 8.73. The fourth-order valence-corrected chi connectivity index (χ4v) is 3.48. The lowest BCUT2D eigenvalue weighted by molar-refractivity contribution is 0.414. The quantitative estimate of drug-likeness (QED) is 0.844. The van der Waals surface area contributed by atoms with Crippen LogP contribution in [0.15, 0.2) is 36.7 Å². The van der Waals surface area contributed by atoms with E-state index in [2.05, 4.69) is 9.71 Å². The summed E-state index contributed by atoms with van der Waals surface area (Å²) in [6.45, 7) is 1.84. The minimum absolute atomic E-state index is 0.0874. The Labute approximate surface area is 131 Å². The third-order valence-electron chi connectivity index (χ3n) is 3.34. The van der Waals surface area contributed by atoms with Gasteiger partial charge in [0, 0.05) is 19.4 Å². The number of aromatic nitrogens is 2. The molecular weight excluding hydrogens is 302 g/mol. The van der Waals surface area contributed by atoms with Gasteiger partial charge < -0.3 is 9.30 Å². The summed E-state index contributed by atoms with van der Waals surface area (Å²) in [5.74, 6) is 1.45. The Kier molecular flexibility index (Phi) is 5.20. The minimum atomic E-state index is -3.37. The van der Waals surface area contributed by atoms with E-state index in [4.69, 9.17) is 4.74 Å². The average Bonchev–Trinajstić information content (AvgIpc) is 2.91. The van der Waals surface area contributed by atoms with Gasteiger partial charge in [0.1, 0.15) is 17.6 Å². The summed E-state index contributed by atoms with van der Waals surface area (Å²) in [6, 6.07) is 6.76. The van der Waals surface area contributed by atoms with Gasteiger partial charge in [-0.25, -0.2) is 18.1 Å². The van der Waals surface area contributed by atoms with Gasteiger partial charge in [0.25, 0.3) is 0 Å². The Hall–Kier alpha value is -1.86. The number of hydrogen-bond donors (Lipinski definition) is 1. The molecule has 120 valence electrons. The largest absolute Gasteiger partial charge is 0.497 e. The number of aryl methyl sites for hydroxylation is 1. The second-order valence-electron chi connectivity index (χ2n) is 5.04. The third kappa shape index (κ3) is 3.86. The topological polar surface area (TPSA) is 73.2 Å². The summed E-state index contributed by atoms with van der Waals surface area (Å²) < 4.78 is 34.0. The summed E-state index contributed by atoms with van der Waals surface area (Å²) in [6.07, 6.45) is 4.01. The second kappa shape index (κ2) is 6.93. The molecule has 0 radical (unpaired) electrons. The van der Waals surface area contributed by atoms with Crippen LogP contribution < -0.4 is 9.46 Å². The Morgan fingerprint density at radius 1 is 1.32 bits per heavy atom. The zero-order chi connectivity index (χ0) is 16.2. The lowest BCUT2D eigenvalue weighted by Gasteiger charge is -2.19. The predicted octanol–water partition coefficient (Wildman–Crippen LogP) is 1.85. The van der Waals surface area contributed by atoms with Crippen LogP contribution in [-0.2, 0) is 17.1 Å². The lowest BCUT2D eigenvalue weighted by Crippen LogP contribution is -2.32. The average molecular weight is 323 g/mol. The molecule has 1 N–H and O–H groups in total. The normalized spacial score (nSPS) is 13.0. The Bertz CT molecular complexity index is 708. The highest BCUT2D eigenvalue weighted by atomic mass is 32.2. The monoisotopic (exact) mass is 323 g/mol. The molecule has 1 heterocycles. The van der Waals surface area contributed by atoms with Crippen LogP contribution in [0.2, 0.25) is 0 Å². The van der Waals surface area contributed by atoms with Crippen molar-refractivity contribution in [3.05, 3.63) is 48.0 Å². The van der Waals surface area contributed by atoms with Gasteiger partial charge in [-0.1, -0.05) is 19.1 Å². The number of nitrogens with one attached hydrogen (secondary N) is 1. The number of benzene rings is 1. The number of imidazole rings is 1. The van der Waals surface area contributed by atoms with Crippen molar-refractivity contribution < 1.29 is 13.2 Å². The van der Waals surface area contributed by atoms with Crippen molar-refractivity contribution in [3.63, 3.8) is 0 Å². The van der Waals surface area contributed by atoms with Gasteiger partial charge >= 0.3 is 0 Å². The molecular formula is C15H21N3O3S. The van der Waals surface area contributed by atoms with Gasteiger partial charge in [-0.2, -0.15) is 0 Å². The predicted molar refractivity (Wildman–Crippen MR) is 85.3 cm³/mol. The van der Waals surface area contributed by atoms with Crippen molar-refractivity contribution in [2.24, 2.45) is 7.05 Å². The van der Waals surface area contributed by atoms with E-state index in [1.165, 1.54) is 0 Å². The number of nitrogens with zero attached hydrogens (tertiary/aromatic N) is 2. The van der Waals surface area contributed by atoms with E-state index in [-0.39, 0.29) is 5.75 Å². The van der Waals surface area contributed by atoms with E-state index in [9.17, 15) is 8.42 Å². The number of rotatable bonds is 7. The van der Waals surface area contributed by atoms with E-state index in [0.717, 1.165) is 11.3 Å². The van der Waals surface area contributed by atoms with Crippen LogP contribution in [0.1, 0.15) is 30.8 Å². The fourth-order valence-electron chi connectivity index (χ4n) is 2.23. The molecule has 2 aromatic rings. The molecule has 22 heavy (non-hydrogen) atoms. The summed E-state index contributed by atoms with van der Waals surface area (Å²) in [4.78, 5) is 4.28. The molecule has 6 nitrogen and oxygen atoms in total. The maximum absolute atomic E-state index is 12.2. The first-order chi connectivity index (χ1) is 10.5. The zero-order valence-electron chi connectivity index (χ0n) is 13.0. The van der Waals surface area contributed by atoms with E-state index in [1.807, 2.05) is 30.7 Å². The van der Waals surface area contributed by atoms with Crippen molar-refractivity contribution >= 4 is 10.0 Å². The molecule has 0 aliphatic rings. The number of ether oxygens (including phenoxy) is 1. The smallest absolute Gasteiger partial charge is 0.212 e. The van der Waals surface area contributed by atoms with Crippen molar-refractivity contribution in [1.29, 1.82) is 0 Å². The molecule has 0 amide bonds. The highest BCUT2D eigenvalue weighted by Gasteiger charge is 2.23. The first kappa shape index (κ1) is 16.5. The van der Waals surface area contributed by atoms with Crippen molar-refractivity contribution in [2.45, 2.75) is 19.4 Å². The van der Waals surface area contributed by atoms with E-state index >= 15 is 0 Å². The molecule has 1 atom stereocenters. The van der Waals surface area contributed by atoms with Crippen molar-refractivity contribution in [1.82, 2.24) is 14.3 Å². The Morgan fingerprint density at radius 2 is 2.00 bits per heavy atom. The maximum atomic E-state index is 12.2. The summed E-state index contributed by atoms with van der Waals surface area (Å²) in [5.41, 5.74) is 0.815. The summed E-state index contributed by atoms with van der Waals surface area (Å²) in [5, 5.41) is 0. The van der Waals surface area contributed by atoms with Gasteiger partial charge in [0.05, 0.1) is 12.9 Å². The molecule has 0 fully saturated rings. The van der Waals surface area contributed by atoms with Gasteiger partial charge in [-0.15, -0.1) is 0 Å². The van der Waals surface area contributed by atoms with E-state index in [0.29, 0.717) is 12.2 Å². The van der Waals surface area contributed by atoms with Crippen LogP contribution in [0, 0.1) is 0 Å². The standard InChI is InChI=1S/C15H21N3O3S/c1-4-11-22(19,20)17-14(15-16-9-10-18(15)2)12-5-7-13(21-3)8-6-12/h5-10,14,17H,4,11H2,1-3H3/t14-/m1/s1. The summed E-state index contributed by atoms with van der Waals surface area (Å²) in [7, 11) is 0.0606. The molecule has 7 heteroatoms. The molecule has 0 saturated heterocycles. The van der Waals surface area contributed by atoms with Crippen molar-refractivity contribution in [3.8, 4) is 5.75 Å².